The third-order valence-corrected chi connectivity index (χ3v) is 5.18. The lowest BCUT2D eigenvalue weighted by atomic mass is 10.1. The van der Waals surface area contributed by atoms with Crippen LogP contribution < -0.4 is 10.1 Å². The van der Waals surface area contributed by atoms with Gasteiger partial charge in [-0.15, -0.1) is 0 Å². The van der Waals surface area contributed by atoms with E-state index in [4.69, 9.17) is 4.74 Å². The third kappa shape index (κ3) is 3.93. The first-order valence-electron chi connectivity index (χ1n) is 9.66. The fraction of sp³-hybridized carbons (Fsp3) is 0.217. The Morgan fingerprint density at radius 3 is 2.59 bits per heavy atom. The van der Waals surface area contributed by atoms with E-state index in [1.165, 1.54) is 11.3 Å². The van der Waals surface area contributed by atoms with Crippen LogP contribution in [0.3, 0.4) is 0 Å². The van der Waals surface area contributed by atoms with E-state index in [-0.39, 0.29) is 6.04 Å². The normalized spacial score (nSPS) is 12.1. The van der Waals surface area contributed by atoms with Crippen molar-refractivity contribution in [3.05, 3.63) is 90.3 Å². The number of pyridine rings is 1. The maximum atomic E-state index is 5.24. The second kappa shape index (κ2) is 8.32. The van der Waals surface area contributed by atoms with Crippen LogP contribution in [-0.4, -0.2) is 26.4 Å². The summed E-state index contributed by atoms with van der Waals surface area (Å²) in [6, 6.07) is 16.3. The standard InChI is InChI=1S/C23H25N5O/c1-17(25-15-21-7-5-13-27(21)20-6-4-12-24-14-20)23-16-26-28(18(23)2)19-8-10-22(29-3)11-9-19/h4-14,16-17,25H,15H2,1-3H3. The molecule has 3 aromatic heterocycles. The molecule has 0 spiro atoms. The van der Waals surface area contributed by atoms with Crippen LogP contribution in [0.5, 0.6) is 5.75 Å². The van der Waals surface area contributed by atoms with E-state index in [0.717, 1.165) is 29.4 Å². The highest BCUT2D eigenvalue weighted by molar-refractivity contribution is 5.39. The number of hydrogen-bond donors (Lipinski definition) is 1. The van der Waals surface area contributed by atoms with Crippen LogP contribution in [0.15, 0.2) is 73.3 Å². The van der Waals surface area contributed by atoms with Gasteiger partial charge in [0.05, 0.1) is 30.9 Å². The molecule has 0 fully saturated rings. The zero-order valence-electron chi connectivity index (χ0n) is 16.9. The van der Waals surface area contributed by atoms with Crippen LogP contribution in [0.4, 0.5) is 0 Å². The first kappa shape index (κ1) is 19.0. The van der Waals surface area contributed by atoms with Crippen molar-refractivity contribution < 1.29 is 4.74 Å². The predicted molar refractivity (Wildman–Crippen MR) is 114 cm³/mol. The van der Waals surface area contributed by atoms with Crippen LogP contribution in [-0.2, 0) is 6.54 Å². The number of methoxy groups -OCH3 is 1. The summed E-state index contributed by atoms with van der Waals surface area (Å²) in [6.07, 6.45) is 7.66. The lowest BCUT2D eigenvalue weighted by Crippen LogP contribution is -2.20. The molecule has 6 nitrogen and oxygen atoms in total. The molecule has 0 aliphatic rings. The highest BCUT2D eigenvalue weighted by Crippen LogP contribution is 2.22. The molecule has 4 rings (SSSR count). The number of aromatic nitrogens is 4. The van der Waals surface area contributed by atoms with E-state index < -0.39 is 0 Å². The minimum absolute atomic E-state index is 0.166. The molecule has 1 N–H and O–H groups in total. The van der Waals surface area contributed by atoms with Crippen molar-refractivity contribution in [3.63, 3.8) is 0 Å². The minimum Gasteiger partial charge on any atom is -0.497 e. The highest BCUT2D eigenvalue weighted by atomic mass is 16.5. The summed E-state index contributed by atoms with van der Waals surface area (Å²) in [6.45, 7) is 5.01. The third-order valence-electron chi connectivity index (χ3n) is 5.18. The highest BCUT2D eigenvalue weighted by Gasteiger charge is 2.15. The molecule has 29 heavy (non-hydrogen) atoms. The quantitative estimate of drug-likeness (QED) is 0.516. The summed E-state index contributed by atoms with van der Waals surface area (Å²) in [5, 5.41) is 8.22. The Bertz CT molecular complexity index is 1070. The molecule has 1 atom stereocenters. The summed E-state index contributed by atoms with van der Waals surface area (Å²) in [5.41, 5.74) is 5.57. The number of ether oxygens (including phenoxy) is 1. The van der Waals surface area contributed by atoms with Gasteiger partial charge in [-0.05, 0) is 62.4 Å². The van der Waals surface area contributed by atoms with E-state index in [2.05, 4.69) is 58.2 Å². The molecule has 0 saturated carbocycles. The Kier molecular flexibility index (Phi) is 5.44. The molecule has 0 amide bonds. The summed E-state index contributed by atoms with van der Waals surface area (Å²) in [5.74, 6) is 0.838. The van der Waals surface area contributed by atoms with Gasteiger partial charge in [-0.1, -0.05) is 0 Å². The van der Waals surface area contributed by atoms with Gasteiger partial charge in [0, 0.05) is 41.9 Å². The van der Waals surface area contributed by atoms with Gasteiger partial charge < -0.3 is 14.6 Å². The molecule has 1 unspecified atom stereocenters. The van der Waals surface area contributed by atoms with Crippen molar-refractivity contribution in [3.8, 4) is 17.1 Å². The zero-order valence-corrected chi connectivity index (χ0v) is 16.9. The molecule has 0 aliphatic carbocycles. The van der Waals surface area contributed by atoms with E-state index >= 15 is 0 Å². The van der Waals surface area contributed by atoms with E-state index in [9.17, 15) is 0 Å². The fourth-order valence-corrected chi connectivity index (χ4v) is 3.51. The van der Waals surface area contributed by atoms with Gasteiger partial charge >= 0.3 is 0 Å². The Morgan fingerprint density at radius 1 is 1.03 bits per heavy atom. The summed E-state index contributed by atoms with van der Waals surface area (Å²) in [7, 11) is 1.67. The molecule has 0 saturated heterocycles. The molecule has 4 aromatic rings. The van der Waals surface area contributed by atoms with Gasteiger partial charge in [0.25, 0.3) is 0 Å². The summed E-state index contributed by atoms with van der Waals surface area (Å²) < 4.78 is 9.36. The zero-order chi connectivity index (χ0) is 20.2. The van der Waals surface area contributed by atoms with Crippen molar-refractivity contribution >= 4 is 0 Å². The average molecular weight is 387 g/mol. The lowest BCUT2D eigenvalue weighted by molar-refractivity contribution is 0.414. The average Bonchev–Trinajstić information content (AvgIpc) is 3.39. The van der Waals surface area contributed by atoms with Crippen molar-refractivity contribution in [2.75, 3.05) is 7.11 Å². The molecule has 3 heterocycles. The van der Waals surface area contributed by atoms with Crippen LogP contribution in [0.2, 0.25) is 0 Å². The van der Waals surface area contributed by atoms with Gasteiger partial charge in [0.2, 0.25) is 0 Å². The smallest absolute Gasteiger partial charge is 0.119 e. The fourth-order valence-electron chi connectivity index (χ4n) is 3.51. The summed E-state index contributed by atoms with van der Waals surface area (Å²) >= 11 is 0. The Morgan fingerprint density at radius 2 is 1.86 bits per heavy atom. The first-order valence-corrected chi connectivity index (χ1v) is 9.66. The Labute approximate surface area is 170 Å². The number of hydrogen-bond acceptors (Lipinski definition) is 4. The second-order valence-electron chi connectivity index (χ2n) is 6.98. The maximum Gasteiger partial charge on any atom is 0.119 e. The Hall–Kier alpha value is -3.38. The Balaban J connectivity index is 1.48. The SMILES string of the molecule is COc1ccc(-n2ncc(C(C)NCc3cccn3-c3cccnc3)c2C)cc1. The van der Waals surface area contributed by atoms with Crippen LogP contribution in [0.25, 0.3) is 11.4 Å². The van der Waals surface area contributed by atoms with Crippen molar-refractivity contribution in [1.82, 2.24) is 24.6 Å². The van der Waals surface area contributed by atoms with E-state index in [1.54, 1.807) is 13.3 Å². The number of rotatable bonds is 7. The van der Waals surface area contributed by atoms with E-state index in [1.807, 2.05) is 47.4 Å². The van der Waals surface area contributed by atoms with Crippen LogP contribution in [0.1, 0.15) is 29.9 Å². The van der Waals surface area contributed by atoms with Gasteiger partial charge in [-0.3, -0.25) is 4.98 Å². The molecule has 6 heteroatoms. The van der Waals surface area contributed by atoms with Crippen molar-refractivity contribution in [2.24, 2.45) is 0 Å². The van der Waals surface area contributed by atoms with Gasteiger partial charge in [0.15, 0.2) is 0 Å². The first-order chi connectivity index (χ1) is 14.2. The van der Waals surface area contributed by atoms with Gasteiger partial charge in [-0.2, -0.15) is 5.10 Å². The number of nitrogens with zero attached hydrogens (tertiary/aromatic N) is 4. The minimum atomic E-state index is 0.166. The predicted octanol–water partition coefficient (Wildman–Crippen LogP) is 4.23. The molecular formula is C23H25N5O. The molecular weight excluding hydrogens is 362 g/mol. The number of benzene rings is 1. The van der Waals surface area contributed by atoms with Crippen LogP contribution in [0, 0.1) is 6.92 Å². The lowest BCUT2D eigenvalue weighted by Gasteiger charge is -2.16. The molecule has 1 aromatic carbocycles. The number of nitrogens with one attached hydrogen (secondary N) is 1. The largest absolute Gasteiger partial charge is 0.497 e. The molecule has 0 bridgehead atoms. The monoisotopic (exact) mass is 387 g/mol. The molecule has 0 aliphatic heterocycles. The van der Waals surface area contributed by atoms with E-state index in [0.29, 0.717) is 0 Å². The van der Waals surface area contributed by atoms with Crippen molar-refractivity contribution in [1.29, 1.82) is 0 Å². The topological polar surface area (TPSA) is 56.9 Å². The summed E-state index contributed by atoms with van der Waals surface area (Å²) in [4.78, 5) is 4.22. The molecule has 0 radical (unpaired) electrons. The maximum absolute atomic E-state index is 5.24. The second-order valence-corrected chi connectivity index (χ2v) is 6.98. The van der Waals surface area contributed by atoms with Gasteiger partial charge in [-0.25, -0.2) is 4.68 Å². The molecule has 148 valence electrons. The van der Waals surface area contributed by atoms with Crippen molar-refractivity contribution in [2.45, 2.75) is 26.4 Å². The van der Waals surface area contributed by atoms with Gasteiger partial charge in [0.1, 0.15) is 5.75 Å². The van der Waals surface area contributed by atoms with Crippen LogP contribution >= 0.6 is 0 Å².